The van der Waals surface area contributed by atoms with Gasteiger partial charge in [0.25, 0.3) is 0 Å². The number of fused-ring (bicyclic) bond motifs is 2. The zero-order valence-electron chi connectivity index (χ0n) is 18.7. The van der Waals surface area contributed by atoms with E-state index < -0.39 is 13.9 Å². The van der Waals surface area contributed by atoms with Gasteiger partial charge in [-0.15, -0.1) is 6.58 Å². The third-order valence-electron chi connectivity index (χ3n) is 8.05. The molecule has 5 atom stereocenters. The van der Waals surface area contributed by atoms with Gasteiger partial charge in [-0.05, 0) is 62.6 Å². The molecule has 3 rings (SSSR count). The molecule has 5 heteroatoms. The number of hydrogen-bond acceptors (Lipinski definition) is 4. The van der Waals surface area contributed by atoms with Crippen molar-refractivity contribution in [1.82, 2.24) is 0 Å². The maximum atomic E-state index is 11.8. The number of aliphatic hydroxyl groups is 1. The van der Waals surface area contributed by atoms with E-state index in [2.05, 4.69) is 46.5 Å². The highest BCUT2D eigenvalue weighted by molar-refractivity contribution is 6.74. The van der Waals surface area contributed by atoms with E-state index in [1.807, 2.05) is 0 Å². The van der Waals surface area contributed by atoms with Crippen LogP contribution in [0.4, 0.5) is 0 Å². The summed E-state index contributed by atoms with van der Waals surface area (Å²) in [5.41, 5.74) is 0.0901. The van der Waals surface area contributed by atoms with E-state index >= 15 is 0 Å². The summed E-state index contributed by atoms with van der Waals surface area (Å²) in [4.78, 5) is 0. The van der Waals surface area contributed by atoms with Crippen molar-refractivity contribution in [3.05, 3.63) is 24.3 Å². The molecule has 0 unspecified atom stereocenters. The van der Waals surface area contributed by atoms with Crippen molar-refractivity contribution in [1.29, 1.82) is 0 Å². The largest absolute Gasteiger partial charge is 0.413 e. The average Bonchev–Trinajstić information content (AvgIpc) is 3.16. The molecule has 4 nitrogen and oxygen atoms in total. The van der Waals surface area contributed by atoms with Gasteiger partial charge in [0.15, 0.2) is 8.32 Å². The molecule has 1 spiro atoms. The van der Waals surface area contributed by atoms with Crippen LogP contribution in [0.15, 0.2) is 24.3 Å². The van der Waals surface area contributed by atoms with Crippen LogP contribution in [0.25, 0.3) is 0 Å². The van der Waals surface area contributed by atoms with E-state index in [4.69, 9.17) is 13.9 Å². The Labute approximate surface area is 172 Å². The van der Waals surface area contributed by atoms with Crippen LogP contribution in [0, 0.1) is 11.3 Å². The quantitative estimate of drug-likeness (QED) is 0.373. The topological polar surface area (TPSA) is 47.9 Å². The van der Waals surface area contributed by atoms with Crippen molar-refractivity contribution in [2.75, 3.05) is 13.9 Å². The van der Waals surface area contributed by atoms with Crippen LogP contribution in [-0.2, 0) is 13.9 Å². The van der Waals surface area contributed by atoms with Gasteiger partial charge >= 0.3 is 0 Å². The minimum absolute atomic E-state index is 0.0440. The van der Waals surface area contributed by atoms with Gasteiger partial charge in [0, 0.05) is 12.5 Å². The summed E-state index contributed by atoms with van der Waals surface area (Å²) in [5.74, 6) is 0.469. The summed E-state index contributed by atoms with van der Waals surface area (Å²) in [6.07, 6.45) is 10.0. The highest BCUT2D eigenvalue weighted by atomic mass is 28.4. The fourth-order valence-corrected chi connectivity index (χ4v) is 6.89. The molecule has 0 heterocycles. The molecule has 0 radical (unpaired) electrons. The minimum Gasteiger partial charge on any atom is -0.413 e. The molecule has 160 valence electrons. The number of methoxy groups -OCH3 is 1. The maximum absolute atomic E-state index is 11.8. The summed E-state index contributed by atoms with van der Waals surface area (Å²) < 4.78 is 18.0. The van der Waals surface area contributed by atoms with E-state index in [0.717, 1.165) is 38.5 Å². The fraction of sp³-hybridized carbons (Fsp3) is 0.826. The van der Waals surface area contributed by atoms with Crippen LogP contribution in [0.5, 0.6) is 0 Å². The molecular formula is C23H40O4Si. The van der Waals surface area contributed by atoms with Gasteiger partial charge in [0.2, 0.25) is 0 Å². The predicted octanol–water partition coefficient (Wildman–Crippen LogP) is 5.19. The summed E-state index contributed by atoms with van der Waals surface area (Å²) in [6.45, 7) is 15.9. The number of rotatable bonds is 6. The first kappa shape index (κ1) is 22.2. The van der Waals surface area contributed by atoms with Crippen molar-refractivity contribution >= 4 is 8.32 Å². The molecule has 0 aromatic heterocycles. The fourth-order valence-electron chi connectivity index (χ4n) is 5.51. The lowest BCUT2D eigenvalue weighted by Crippen LogP contribution is -2.60. The van der Waals surface area contributed by atoms with Crippen molar-refractivity contribution in [3.63, 3.8) is 0 Å². The lowest BCUT2D eigenvalue weighted by atomic mass is 9.58. The van der Waals surface area contributed by atoms with Crippen LogP contribution in [0.2, 0.25) is 18.1 Å². The Kier molecular flexibility index (Phi) is 6.08. The summed E-state index contributed by atoms with van der Waals surface area (Å²) in [6, 6.07) is 0. The molecule has 3 aliphatic rings. The minimum atomic E-state index is -1.97. The lowest BCUT2D eigenvalue weighted by molar-refractivity contribution is -0.116. The van der Waals surface area contributed by atoms with Crippen molar-refractivity contribution in [3.8, 4) is 0 Å². The number of ether oxygens (including phenoxy) is 2. The molecule has 1 N–H and O–H groups in total. The third-order valence-corrected chi connectivity index (χ3v) is 12.5. The van der Waals surface area contributed by atoms with E-state index in [-0.39, 0.29) is 22.7 Å². The van der Waals surface area contributed by atoms with Crippen LogP contribution in [0.1, 0.15) is 59.3 Å². The van der Waals surface area contributed by atoms with E-state index in [0.29, 0.717) is 12.7 Å². The van der Waals surface area contributed by atoms with E-state index in [1.54, 1.807) is 13.2 Å². The van der Waals surface area contributed by atoms with Gasteiger partial charge in [0.05, 0.1) is 17.8 Å². The highest BCUT2D eigenvalue weighted by Crippen LogP contribution is 2.64. The lowest BCUT2D eigenvalue weighted by Gasteiger charge is -2.55. The summed E-state index contributed by atoms with van der Waals surface area (Å²) >= 11 is 0. The molecule has 2 saturated carbocycles. The second kappa shape index (κ2) is 7.66. The van der Waals surface area contributed by atoms with Gasteiger partial charge in [-0.25, -0.2) is 0 Å². The molecule has 28 heavy (non-hydrogen) atoms. The summed E-state index contributed by atoms with van der Waals surface area (Å²) in [5, 5.41) is 12.0. The Hall–Kier alpha value is -0.463. The Morgan fingerprint density at radius 2 is 2.00 bits per heavy atom. The Balaban J connectivity index is 2.00. The second-order valence-corrected chi connectivity index (χ2v) is 15.3. The smallest absolute Gasteiger partial charge is 0.192 e. The van der Waals surface area contributed by atoms with Crippen molar-refractivity contribution < 1.29 is 19.0 Å². The summed E-state index contributed by atoms with van der Waals surface area (Å²) in [7, 11) is -0.309. The third kappa shape index (κ3) is 3.47. The van der Waals surface area contributed by atoms with Crippen LogP contribution >= 0.6 is 0 Å². The van der Waals surface area contributed by atoms with E-state index in [1.165, 1.54) is 5.57 Å². The van der Waals surface area contributed by atoms with Gasteiger partial charge in [-0.3, -0.25) is 0 Å². The number of hydrogen-bond donors (Lipinski definition) is 1. The van der Waals surface area contributed by atoms with Gasteiger partial charge in [0.1, 0.15) is 6.79 Å². The van der Waals surface area contributed by atoms with Crippen LogP contribution < -0.4 is 0 Å². The molecule has 2 fully saturated rings. The molecule has 3 aliphatic carbocycles. The standard InChI is InChI=1S/C23H40O4Si/c1-8-22(24)12-9-10-20(27-28(6,7)21(2,3)4)23(22)13-11-17-14-18(15-19(17)23)26-16-25-5/h8,15,17-18,20,24H,1,9-14,16H2,2-7H3/t17-,18+,20-,22+,23-/m0/s1. The van der Waals surface area contributed by atoms with Crippen molar-refractivity contribution in [2.45, 2.75) is 95.2 Å². The first-order valence-corrected chi connectivity index (χ1v) is 13.8. The Bertz CT molecular complexity index is 623. The van der Waals surface area contributed by atoms with Gasteiger partial charge in [-0.1, -0.05) is 38.5 Å². The first-order chi connectivity index (χ1) is 13.0. The first-order valence-electron chi connectivity index (χ1n) is 10.9. The monoisotopic (exact) mass is 408 g/mol. The molecule has 0 aliphatic heterocycles. The predicted molar refractivity (Wildman–Crippen MR) is 116 cm³/mol. The average molecular weight is 409 g/mol. The van der Waals surface area contributed by atoms with Crippen molar-refractivity contribution in [2.24, 2.45) is 11.3 Å². The van der Waals surface area contributed by atoms with Gasteiger partial charge in [-0.2, -0.15) is 0 Å². The van der Waals surface area contributed by atoms with Crippen LogP contribution in [0.3, 0.4) is 0 Å². The molecular weight excluding hydrogens is 368 g/mol. The highest BCUT2D eigenvalue weighted by Gasteiger charge is 2.64. The molecule has 0 bridgehead atoms. The zero-order valence-corrected chi connectivity index (χ0v) is 19.7. The Morgan fingerprint density at radius 1 is 1.29 bits per heavy atom. The normalized spacial score (nSPS) is 38.5. The zero-order chi connectivity index (χ0) is 20.8. The molecule has 0 amide bonds. The molecule has 0 aromatic carbocycles. The van der Waals surface area contributed by atoms with Crippen LogP contribution in [-0.4, -0.2) is 45.1 Å². The van der Waals surface area contributed by atoms with E-state index in [9.17, 15) is 5.11 Å². The second-order valence-electron chi connectivity index (χ2n) is 10.6. The Morgan fingerprint density at radius 3 is 2.61 bits per heavy atom. The SMILES string of the molecule is C=C[C@@]1(O)CCC[C@H](O[Si](C)(C)C(C)(C)C)[C@@]12CC[C@H]1C[C@@H](OCOC)C=C12. The molecule has 0 saturated heterocycles. The van der Waals surface area contributed by atoms with Gasteiger partial charge < -0.3 is 19.0 Å². The molecule has 0 aromatic rings. The maximum Gasteiger partial charge on any atom is 0.192 e.